The summed E-state index contributed by atoms with van der Waals surface area (Å²) in [5, 5.41) is 7.86. The van der Waals surface area contributed by atoms with Crippen molar-refractivity contribution in [3.8, 4) is 5.75 Å². The fraction of sp³-hybridized carbons (Fsp3) is 0.471. The smallest absolute Gasteiger partial charge is 0.132 e. The Bertz CT molecular complexity index is 575. The zero-order chi connectivity index (χ0) is 15.2. The van der Waals surface area contributed by atoms with E-state index in [0.29, 0.717) is 12.6 Å². The van der Waals surface area contributed by atoms with Crippen LogP contribution in [0.25, 0.3) is 0 Å². The minimum atomic E-state index is 0.377. The number of hydrogen-bond acceptors (Lipinski definition) is 3. The third-order valence-corrected chi connectivity index (χ3v) is 3.35. The minimum Gasteiger partial charge on any atom is -0.487 e. The molecule has 0 aliphatic heterocycles. The second-order valence-electron chi connectivity index (χ2n) is 5.56. The van der Waals surface area contributed by atoms with Gasteiger partial charge in [-0.15, -0.1) is 0 Å². The van der Waals surface area contributed by atoms with Crippen molar-refractivity contribution in [2.75, 3.05) is 6.54 Å². The lowest BCUT2D eigenvalue weighted by atomic mass is 10.1. The number of hydrogen-bond donors (Lipinski definition) is 1. The summed E-state index contributed by atoms with van der Waals surface area (Å²) in [6, 6.07) is 8.68. The molecule has 0 aliphatic rings. The van der Waals surface area contributed by atoms with Crippen molar-refractivity contribution in [2.45, 2.75) is 46.9 Å². The Labute approximate surface area is 127 Å². The fourth-order valence-electron chi connectivity index (χ4n) is 2.14. The van der Waals surface area contributed by atoms with Gasteiger partial charge in [0, 0.05) is 24.3 Å². The Kier molecular flexibility index (Phi) is 5.39. The molecule has 0 aliphatic carbocycles. The molecule has 2 rings (SSSR count). The number of benzene rings is 1. The topological polar surface area (TPSA) is 39.1 Å². The Morgan fingerprint density at radius 2 is 2.10 bits per heavy atom. The molecule has 1 aromatic heterocycles. The van der Waals surface area contributed by atoms with Crippen LogP contribution >= 0.6 is 0 Å². The Morgan fingerprint density at radius 1 is 1.29 bits per heavy atom. The average Bonchev–Trinajstić information content (AvgIpc) is 2.93. The maximum absolute atomic E-state index is 5.95. The van der Waals surface area contributed by atoms with Crippen molar-refractivity contribution >= 4 is 0 Å². The molecule has 1 N–H and O–H groups in total. The molecule has 4 heteroatoms. The van der Waals surface area contributed by atoms with Gasteiger partial charge in [0.25, 0.3) is 0 Å². The largest absolute Gasteiger partial charge is 0.487 e. The molecule has 0 atom stereocenters. The zero-order valence-electron chi connectivity index (χ0n) is 13.4. The lowest BCUT2D eigenvalue weighted by molar-refractivity contribution is 0.295. The van der Waals surface area contributed by atoms with Gasteiger partial charge < -0.3 is 10.1 Å². The monoisotopic (exact) mass is 287 g/mol. The molecule has 0 saturated heterocycles. The zero-order valence-corrected chi connectivity index (χ0v) is 13.4. The van der Waals surface area contributed by atoms with E-state index in [4.69, 9.17) is 4.74 Å². The van der Waals surface area contributed by atoms with E-state index in [1.807, 2.05) is 23.0 Å². The highest BCUT2D eigenvalue weighted by molar-refractivity contribution is 5.37. The van der Waals surface area contributed by atoms with Crippen LogP contribution in [-0.2, 0) is 13.2 Å². The van der Waals surface area contributed by atoms with Gasteiger partial charge in [-0.3, -0.25) is 4.68 Å². The van der Waals surface area contributed by atoms with Gasteiger partial charge in [0.1, 0.15) is 12.4 Å². The molecule has 0 radical (unpaired) electrons. The molecule has 0 saturated carbocycles. The summed E-state index contributed by atoms with van der Waals surface area (Å²) in [6.07, 6.45) is 2.00. The van der Waals surface area contributed by atoms with Gasteiger partial charge in [-0.1, -0.05) is 24.6 Å². The number of rotatable bonds is 7. The fourth-order valence-corrected chi connectivity index (χ4v) is 2.14. The average molecular weight is 287 g/mol. The number of ether oxygens (including phenoxy) is 1. The van der Waals surface area contributed by atoms with Crippen LogP contribution in [0.1, 0.15) is 43.6 Å². The van der Waals surface area contributed by atoms with Crippen LogP contribution in [-0.4, -0.2) is 16.3 Å². The van der Waals surface area contributed by atoms with Gasteiger partial charge in [0.15, 0.2) is 0 Å². The Hall–Kier alpha value is -1.81. The van der Waals surface area contributed by atoms with Gasteiger partial charge in [-0.2, -0.15) is 5.10 Å². The third kappa shape index (κ3) is 4.33. The molecule has 2 aromatic rings. The summed E-state index contributed by atoms with van der Waals surface area (Å²) in [7, 11) is 0. The Morgan fingerprint density at radius 3 is 2.76 bits per heavy atom. The summed E-state index contributed by atoms with van der Waals surface area (Å²) in [5.41, 5.74) is 3.40. The number of aryl methyl sites for hydroxylation is 1. The second-order valence-corrected chi connectivity index (χ2v) is 5.56. The highest BCUT2D eigenvalue weighted by atomic mass is 16.5. The second kappa shape index (κ2) is 7.27. The molecule has 4 nitrogen and oxygen atoms in total. The van der Waals surface area contributed by atoms with Crippen LogP contribution < -0.4 is 10.1 Å². The predicted molar refractivity (Wildman–Crippen MR) is 85.5 cm³/mol. The molecular weight excluding hydrogens is 262 g/mol. The van der Waals surface area contributed by atoms with Crippen LogP contribution in [0.4, 0.5) is 0 Å². The van der Waals surface area contributed by atoms with E-state index < -0.39 is 0 Å². The van der Waals surface area contributed by atoms with E-state index in [9.17, 15) is 0 Å². The maximum atomic E-state index is 5.95. The van der Waals surface area contributed by atoms with Crippen LogP contribution in [0, 0.1) is 6.92 Å². The molecular formula is C17H25N3O. The lowest BCUT2D eigenvalue weighted by Crippen LogP contribution is -2.13. The molecule has 0 amide bonds. The SMILES string of the molecule is CCNCc1cc(C)ccc1OCc1ccn(C(C)C)n1. The predicted octanol–water partition coefficient (Wildman–Crippen LogP) is 3.46. The first-order chi connectivity index (χ1) is 10.1. The summed E-state index contributed by atoms with van der Waals surface area (Å²) < 4.78 is 7.90. The molecule has 1 heterocycles. The summed E-state index contributed by atoms with van der Waals surface area (Å²) >= 11 is 0. The van der Waals surface area contributed by atoms with Crippen LogP contribution in [0.3, 0.4) is 0 Å². The van der Waals surface area contributed by atoms with E-state index in [2.05, 4.69) is 50.2 Å². The van der Waals surface area contributed by atoms with Crippen molar-refractivity contribution < 1.29 is 4.74 Å². The molecule has 0 spiro atoms. The highest BCUT2D eigenvalue weighted by Gasteiger charge is 2.06. The van der Waals surface area contributed by atoms with Gasteiger partial charge in [0.05, 0.1) is 5.69 Å². The van der Waals surface area contributed by atoms with E-state index in [1.54, 1.807) is 0 Å². The molecule has 1 aromatic carbocycles. The van der Waals surface area contributed by atoms with E-state index >= 15 is 0 Å². The number of nitrogens with one attached hydrogen (secondary N) is 1. The number of nitrogens with zero attached hydrogens (tertiary/aromatic N) is 2. The van der Waals surface area contributed by atoms with Crippen LogP contribution in [0.2, 0.25) is 0 Å². The first-order valence-corrected chi connectivity index (χ1v) is 7.57. The Balaban J connectivity index is 2.04. The third-order valence-electron chi connectivity index (χ3n) is 3.35. The lowest BCUT2D eigenvalue weighted by Gasteiger charge is -2.12. The van der Waals surface area contributed by atoms with Crippen molar-refractivity contribution in [3.05, 3.63) is 47.3 Å². The minimum absolute atomic E-state index is 0.377. The quantitative estimate of drug-likeness (QED) is 0.847. The van der Waals surface area contributed by atoms with Crippen molar-refractivity contribution in [1.82, 2.24) is 15.1 Å². The molecule has 21 heavy (non-hydrogen) atoms. The molecule has 0 fully saturated rings. The maximum Gasteiger partial charge on any atom is 0.132 e. The van der Waals surface area contributed by atoms with E-state index in [1.165, 1.54) is 11.1 Å². The normalized spacial score (nSPS) is 11.1. The summed E-state index contributed by atoms with van der Waals surface area (Å²) in [6.45, 7) is 10.7. The van der Waals surface area contributed by atoms with Gasteiger partial charge in [0.2, 0.25) is 0 Å². The van der Waals surface area contributed by atoms with Gasteiger partial charge in [-0.05, 0) is 39.4 Å². The van der Waals surface area contributed by atoms with E-state index in [0.717, 1.165) is 24.5 Å². The van der Waals surface area contributed by atoms with Crippen molar-refractivity contribution in [1.29, 1.82) is 0 Å². The first kappa shape index (κ1) is 15.6. The summed E-state index contributed by atoms with van der Waals surface area (Å²) in [4.78, 5) is 0. The number of aromatic nitrogens is 2. The highest BCUT2D eigenvalue weighted by Crippen LogP contribution is 2.21. The molecule has 0 unspecified atom stereocenters. The standard InChI is InChI=1S/C17H25N3O/c1-5-18-11-15-10-14(4)6-7-17(15)21-12-16-8-9-20(19-16)13(2)3/h6-10,13,18H,5,11-12H2,1-4H3. The first-order valence-electron chi connectivity index (χ1n) is 7.57. The van der Waals surface area contributed by atoms with Crippen LogP contribution in [0.5, 0.6) is 5.75 Å². The van der Waals surface area contributed by atoms with Crippen molar-refractivity contribution in [3.63, 3.8) is 0 Å². The van der Waals surface area contributed by atoms with Gasteiger partial charge >= 0.3 is 0 Å². The molecule has 0 bridgehead atoms. The molecule has 114 valence electrons. The van der Waals surface area contributed by atoms with Crippen molar-refractivity contribution in [2.24, 2.45) is 0 Å². The summed E-state index contributed by atoms with van der Waals surface area (Å²) in [5.74, 6) is 0.931. The van der Waals surface area contributed by atoms with Gasteiger partial charge in [-0.25, -0.2) is 0 Å². The van der Waals surface area contributed by atoms with E-state index in [-0.39, 0.29) is 0 Å². The van der Waals surface area contributed by atoms with Crippen LogP contribution in [0.15, 0.2) is 30.5 Å².